The van der Waals surface area contributed by atoms with Crippen molar-refractivity contribution in [1.29, 1.82) is 0 Å². The van der Waals surface area contributed by atoms with Crippen LogP contribution in [-0.4, -0.2) is 37.2 Å². The Morgan fingerprint density at radius 3 is 2.70 bits per heavy atom. The molecular formula is C15H22BrClN2O. The van der Waals surface area contributed by atoms with Crippen molar-refractivity contribution in [2.24, 2.45) is 5.73 Å². The third kappa shape index (κ3) is 4.62. The molecule has 2 N–H and O–H groups in total. The zero-order valence-electron chi connectivity index (χ0n) is 11.8. The predicted molar refractivity (Wildman–Crippen MR) is 87.5 cm³/mol. The number of hydrogen-bond acceptors (Lipinski definition) is 3. The van der Waals surface area contributed by atoms with E-state index in [0.717, 1.165) is 29.6 Å². The summed E-state index contributed by atoms with van der Waals surface area (Å²) in [7, 11) is 2.17. The number of likely N-dealkylation sites (N-methyl/N-ethyl adjacent to an activating group) is 1. The topological polar surface area (TPSA) is 38.5 Å². The van der Waals surface area contributed by atoms with Crippen molar-refractivity contribution >= 4 is 27.5 Å². The van der Waals surface area contributed by atoms with Gasteiger partial charge in [0, 0.05) is 23.7 Å². The summed E-state index contributed by atoms with van der Waals surface area (Å²) in [4.78, 5) is 2.38. The molecule has 0 spiro atoms. The molecule has 0 amide bonds. The fourth-order valence-electron chi connectivity index (χ4n) is 2.62. The van der Waals surface area contributed by atoms with E-state index in [-0.39, 0.29) is 0 Å². The molecule has 1 fully saturated rings. The van der Waals surface area contributed by atoms with Crippen molar-refractivity contribution in [2.45, 2.75) is 37.8 Å². The Morgan fingerprint density at radius 2 is 2.05 bits per heavy atom. The van der Waals surface area contributed by atoms with Crippen molar-refractivity contribution in [2.75, 3.05) is 20.2 Å². The first-order valence-corrected chi connectivity index (χ1v) is 8.27. The highest BCUT2D eigenvalue weighted by molar-refractivity contribution is 9.10. The lowest BCUT2D eigenvalue weighted by Crippen LogP contribution is -2.40. The van der Waals surface area contributed by atoms with Crippen LogP contribution < -0.4 is 10.5 Å². The number of halogens is 2. The molecule has 0 atom stereocenters. The normalized spacial score (nSPS) is 23.1. The second kappa shape index (κ2) is 7.64. The first-order valence-electron chi connectivity index (χ1n) is 7.10. The summed E-state index contributed by atoms with van der Waals surface area (Å²) >= 11 is 9.37. The maximum absolute atomic E-state index is 5.94. The summed E-state index contributed by atoms with van der Waals surface area (Å²) in [5.74, 6) is 0.841. The van der Waals surface area contributed by atoms with Gasteiger partial charge in [-0.3, -0.25) is 0 Å². The molecule has 2 rings (SSSR count). The molecule has 0 radical (unpaired) electrons. The molecule has 1 aliphatic carbocycles. The highest BCUT2D eigenvalue weighted by atomic mass is 79.9. The van der Waals surface area contributed by atoms with E-state index in [4.69, 9.17) is 22.1 Å². The molecule has 5 heteroatoms. The fraction of sp³-hybridized carbons (Fsp3) is 0.600. The maximum atomic E-state index is 5.94. The standard InChI is InChI=1S/C15H22BrClN2O/c1-19(13-5-3-12(18)4-6-13)8-9-20-15-7-2-11(17)10-14(15)16/h2,7,10,12-13H,3-6,8-9,18H2,1H3. The van der Waals surface area contributed by atoms with Crippen molar-refractivity contribution in [3.63, 3.8) is 0 Å². The van der Waals surface area contributed by atoms with E-state index in [1.54, 1.807) is 0 Å². The van der Waals surface area contributed by atoms with Crippen LogP contribution in [0.25, 0.3) is 0 Å². The van der Waals surface area contributed by atoms with Gasteiger partial charge < -0.3 is 15.4 Å². The Kier molecular flexibility index (Phi) is 6.15. The van der Waals surface area contributed by atoms with Crippen LogP contribution in [0, 0.1) is 0 Å². The molecule has 1 saturated carbocycles. The van der Waals surface area contributed by atoms with Crippen molar-refractivity contribution in [3.8, 4) is 5.75 Å². The second-order valence-corrected chi connectivity index (χ2v) is 6.76. The molecule has 0 heterocycles. The van der Waals surface area contributed by atoms with Crippen LogP contribution in [-0.2, 0) is 0 Å². The highest BCUT2D eigenvalue weighted by Gasteiger charge is 2.21. The zero-order valence-corrected chi connectivity index (χ0v) is 14.2. The van der Waals surface area contributed by atoms with E-state index in [0.29, 0.717) is 23.7 Å². The maximum Gasteiger partial charge on any atom is 0.133 e. The molecule has 0 aromatic heterocycles. The number of hydrogen-bond donors (Lipinski definition) is 1. The average molecular weight is 362 g/mol. The van der Waals surface area contributed by atoms with Gasteiger partial charge in [-0.15, -0.1) is 0 Å². The number of benzene rings is 1. The van der Waals surface area contributed by atoms with E-state index >= 15 is 0 Å². The number of ether oxygens (including phenoxy) is 1. The van der Waals surface area contributed by atoms with Crippen molar-refractivity contribution < 1.29 is 4.74 Å². The number of nitrogens with zero attached hydrogens (tertiary/aromatic N) is 1. The molecule has 1 aromatic rings. The highest BCUT2D eigenvalue weighted by Crippen LogP contribution is 2.28. The summed E-state index contributed by atoms with van der Waals surface area (Å²) in [5, 5.41) is 0.708. The second-order valence-electron chi connectivity index (χ2n) is 5.47. The molecule has 0 saturated heterocycles. The minimum Gasteiger partial charge on any atom is -0.491 e. The molecule has 1 aliphatic rings. The molecule has 0 aliphatic heterocycles. The smallest absolute Gasteiger partial charge is 0.133 e. The van der Waals surface area contributed by atoms with Gasteiger partial charge in [0.1, 0.15) is 12.4 Å². The van der Waals surface area contributed by atoms with E-state index in [9.17, 15) is 0 Å². The van der Waals surface area contributed by atoms with Crippen molar-refractivity contribution in [1.82, 2.24) is 4.90 Å². The van der Waals surface area contributed by atoms with Gasteiger partial charge in [0.25, 0.3) is 0 Å². The molecule has 112 valence electrons. The summed E-state index contributed by atoms with van der Waals surface area (Å²) in [6, 6.07) is 6.64. The summed E-state index contributed by atoms with van der Waals surface area (Å²) in [6.07, 6.45) is 4.67. The van der Waals surface area contributed by atoms with Crippen LogP contribution in [0.15, 0.2) is 22.7 Å². The largest absolute Gasteiger partial charge is 0.491 e. The Labute approximate surface area is 134 Å². The Morgan fingerprint density at radius 1 is 1.35 bits per heavy atom. The minimum absolute atomic E-state index is 0.404. The first kappa shape index (κ1) is 16.1. The van der Waals surface area contributed by atoms with E-state index in [2.05, 4.69) is 27.9 Å². The molecule has 20 heavy (non-hydrogen) atoms. The lowest BCUT2D eigenvalue weighted by atomic mass is 9.91. The lowest BCUT2D eigenvalue weighted by Gasteiger charge is -2.33. The number of nitrogens with two attached hydrogens (primary N) is 1. The first-order chi connectivity index (χ1) is 9.56. The fourth-order valence-corrected chi connectivity index (χ4v) is 3.41. The van der Waals surface area contributed by atoms with Crippen LogP contribution in [0.4, 0.5) is 0 Å². The summed E-state index contributed by atoms with van der Waals surface area (Å²) in [5.41, 5.74) is 5.94. The molecule has 1 aromatic carbocycles. The van der Waals surface area contributed by atoms with Gasteiger partial charge >= 0.3 is 0 Å². The van der Waals surface area contributed by atoms with Gasteiger partial charge in [0.05, 0.1) is 4.47 Å². The molecule has 0 bridgehead atoms. The van der Waals surface area contributed by atoms with E-state index < -0.39 is 0 Å². The minimum atomic E-state index is 0.404. The predicted octanol–water partition coefficient (Wildman–Crippen LogP) is 3.68. The molecule has 3 nitrogen and oxygen atoms in total. The van der Waals surface area contributed by atoms with Gasteiger partial charge in [-0.25, -0.2) is 0 Å². The van der Waals surface area contributed by atoms with Gasteiger partial charge in [0.2, 0.25) is 0 Å². The van der Waals surface area contributed by atoms with E-state index in [1.807, 2.05) is 18.2 Å². The van der Waals surface area contributed by atoms with Gasteiger partial charge in [0.15, 0.2) is 0 Å². The lowest BCUT2D eigenvalue weighted by molar-refractivity contribution is 0.154. The van der Waals surface area contributed by atoms with Crippen molar-refractivity contribution in [3.05, 3.63) is 27.7 Å². The van der Waals surface area contributed by atoms with Gasteiger partial charge in [-0.1, -0.05) is 11.6 Å². The third-order valence-corrected chi connectivity index (χ3v) is 4.81. The van der Waals surface area contributed by atoms with Gasteiger partial charge in [-0.2, -0.15) is 0 Å². The average Bonchev–Trinajstić information content (AvgIpc) is 2.42. The van der Waals surface area contributed by atoms with Gasteiger partial charge in [-0.05, 0) is 66.9 Å². The number of rotatable bonds is 5. The van der Waals surface area contributed by atoms with Crippen LogP contribution in [0.5, 0.6) is 5.75 Å². The van der Waals surface area contributed by atoms with Crippen LogP contribution in [0.2, 0.25) is 5.02 Å². The summed E-state index contributed by atoms with van der Waals surface area (Å²) < 4.78 is 6.70. The summed E-state index contributed by atoms with van der Waals surface area (Å²) in [6.45, 7) is 1.61. The SMILES string of the molecule is CN(CCOc1ccc(Cl)cc1Br)C1CCC(N)CC1. The van der Waals surface area contributed by atoms with Crippen LogP contribution >= 0.6 is 27.5 Å². The van der Waals surface area contributed by atoms with Crippen LogP contribution in [0.3, 0.4) is 0 Å². The monoisotopic (exact) mass is 360 g/mol. The third-order valence-electron chi connectivity index (χ3n) is 3.96. The Bertz CT molecular complexity index is 436. The van der Waals surface area contributed by atoms with Crippen LogP contribution in [0.1, 0.15) is 25.7 Å². The Hall–Kier alpha value is -0.290. The molecular weight excluding hydrogens is 340 g/mol. The quantitative estimate of drug-likeness (QED) is 0.869. The Balaban J connectivity index is 1.75. The van der Waals surface area contributed by atoms with E-state index in [1.165, 1.54) is 12.8 Å². The molecule has 0 unspecified atom stereocenters. The zero-order chi connectivity index (χ0) is 14.5.